The van der Waals surface area contributed by atoms with Crippen molar-refractivity contribution in [1.82, 2.24) is 4.98 Å². The highest BCUT2D eigenvalue weighted by Gasteiger charge is 2.44. The van der Waals surface area contributed by atoms with Gasteiger partial charge in [-0.15, -0.1) is 0 Å². The Bertz CT molecular complexity index is 1390. The van der Waals surface area contributed by atoms with Gasteiger partial charge in [-0.25, -0.2) is 22.4 Å². The number of rotatable bonds is 8. The van der Waals surface area contributed by atoms with Crippen molar-refractivity contribution in [2.24, 2.45) is 5.41 Å². The molecule has 1 aromatic carbocycles. The summed E-state index contributed by atoms with van der Waals surface area (Å²) >= 11 is 0. The number of carbonyl (C=O) groups excluding carboxylic acids is 1. The van der Waals surface area contributed by atoms with E-state index in [1.165, 1.54) is 25.0 Å². The van der Waals surface area contributed by atoms with Crippen molar-refractivity contribution in [3.8, 4) is 0 Å². The average Bonchev–Trinajstić information content (AvgIpc) is 3.57. The number of carbonyl (C=O) groups is 1. The van der Waals surface area contributed by atoms with Crippen molar-refractivity contribution < 1.29 is 22.5 Å². The summed E-state index contributed by atoms with van der Waals surface area (Å²) in [5.74, 6) is -0.684. The molecular formula is C25H35N5O5S2. The number of aromatic nitrogens is 1. The summed E-state index contributed by atoms with van der Waals surface area (Å²) in [6.45, 7) is 6.15. The number of aliphatic hydroxyl groups is 1. The Morgan fingerprint density at radius 1 is 1.11 bits per heavy atom. The minimum Gasteiger partial charge on any atom is -0.395 e. The third-order valence-corrected chi connectivity index (χ3v) is 10.9. The molecule has 1 unspecified atom stereocenters. The van der Waals surface area contributed by atoms with Gasteiger partial charge in [0.1, 0.15) is 10.8 Å². The van der Waals surface area contributed by atoms with Crippen LogP contribution < -0.4 is 14.9 Å². The minimum atomic E-state index is -3.73. The number of piperidine rings is 1. The monoisotopic (exact) mass is 549 g/mol. The van der Waals surface area contributed by atoms with Crippen LogP contribution in [0.2, 0.25) is 0 Å². The molecule has 1 aliphatic heterocycles. The van der Waals surface area contributed by atoms with Crippen LogP contribution >= 0.6 is 0 Å². The Labute approximate surface area is 218 Å². The summed E-state index contributed by atoms with van der Waals surface area (Å²) in [5, 5.41) is 11.9. The second kappa shape index (κ2) is 9.88. The molecule has 1 spiro atoms. The molecule has 37 heavy (non-hydrogen) atoms. The van der Waals surface area contributed by atoms with Gasteiger partial charge in [0.25, 0.3) is 5.91 Å². The first-order chi connectivity index (χ1) is 17.3. The van der Waals surface area contributed by atoms with Crippen LogP contribution in [0, 0.1) is 10.2 Å². The van der Waals surface area contributed by atoms with Gasteiger partial charge in [0, 0.05) is 13.1 Å². The Morgan fingerprint density at radius 2 is 1.78 bits per heavy atom. The second-order valence-electron chi connectivity index (χ2n) is 10.8. The lowest BCUT2D eigenvalue weighted by Gasteiger charge is -2.35. The molecule has 0 bridgehead atoms. The molecule has 1 amide bonds. The number of nitrogens with one attached hydrogen (secondary N) is 3. The predicted molar refractivity (Wildman–Crippen MR) is 145 cm³/mol. The van der Waals surface area contributed by atoms with Crippen molar-refractivity contribution in [3.63, 3.8) is 0 Å². The van der Waals surface area contributed by atoms with Gasteiger partial charge < -0.3 is 15.3 Å². The van der Waals surface area contributed by atoms with E-state index < -0.39 is 42.8 Å². The first-order valence-electron chi connectivity index (χ1n) is 12.3. The molecule has 4 rings (SSSR count). The maximum atomic E-state index is 13.4. The van der Waals surface area contributed by atoms with Gasteiger partial charge in [0.15, 0.2) is 0 Å². The zero-order valence-corrected chi connectivity index (χ0v) is 23.0. The first kappa shape index (κ1) is 27.3. The summed E-state index contributed by atoms with van der Waals surface area (Å²) in [4.78, 5) is 19.8. The molecule has 4 N–H and O–H groups in total. The van der Waals surface area contributed by atoms with Crippen LogP contribution in [0.4, 0.5) is 17.2 Å². The van der Waals surface area contributed by atoms with Crippen molar-refractivity contribution in [1.29, 1.82) is 4.78 Å². The van der Waals surface area contributed by atoms with Crippen LogP contribution in [-0.2, 0) is 19.8 Å². The molecule has 2 aliphatic rings. The summed E-state index contributed by atoms with van der Waals surface area (Å²) in [6, 6.07) is 9.44. The van der Waals surface area contributed by atoms with Crippen LogP contribution in [0.1, 0.15) is 56.8 Å². The van der Waals surface area contributed by atoms with E-state index in [1.54, 1.807) is 45.0 Å². The van der Waals surface area contributed by atoms with Gasteiger partial charge in [-0.1, -0.05) is 6.07 Å². The molecule has 1 aliphatic carbocycles. The first-order valence-corrected chi connectivity index (χ1v) is 15.5. The summed E-state index contributed by atoms with van der Waals surface area (Å²) in [5.41, 5.74) is 1.69. The Kier molecular flexibility index (Phi) is 7.30. The Hall–Kier alpha value is -2.70. The third kappa shape index (κ3) is 6.07. The summed E-state index contributed by atoms with van der Waals surface area (Å²) in [7, 11) is -6.94. The quantitative estimate of drug-likeness (QED) is 0.392. The van der Waals surface area contributed by atoms with Crippen molar-refractivity contribution in [3.05, 3.63) is 42.0 Å². The number of amides is 1. The van der Waals surface area contributed by atoms with Gasteiger partial charge in [0.2, 0.25) is 10.0 Å². The van der Waals surface area contributed by atoms with Gasteiger partial charge in [-0.05, 0) is 82.2 Å². The van der Waals surface area contributed by atoms with Crippen molar-refractivity contribution in [2.75, 3.05) is 40.4 Å². The average molecular weight is 550 g/mol. The fourth-order valence-corrected chi connectivity index (χ4v) is 6.39. The molecule has 2 fully saturated rings. The molecule has 1 saturated heterocycles. The molecule has 2 heterocycles. The van der Waals surface area contributed by atoms with Crippen LogP contribution in [0.3, 0.4) is 0 Å². The van der Waals surface area contributed by atoms with Gasteiger partial charge >= 0.3 is 0 Å². The number of hydrogen-bond acceptors (Lipinski definition) is 8. The number of nitrogens with zero attached hydrogens (tertiary/aromatic N) is 2. The number of aliphatic hydroxyl groups excluding tert-OH is 1. The summed E-state index contributed by atoms with van der Waals surface area (Å²) in [6.07, 6.45) is 4.49. The largest absolute Gasteiger partial charge is 0.395 e. The zero-order chi connectivity index (χ0) is 27.1. The van der Waals surface area contributed by atoms with Crippen LogP contribution in [0.15, 0.2) is 41.4 Å². The number of anilines is 3. The van der Waals surface area contributed by atoms with E-state index >= 15 is 0 Å². The number of pyridine rings is 1. The summed E-state index contributed by atoms with van der Waals surface area (Å²) < 4.78 is 47.5. The number of sulfonamides is 1. The highest BCUT2D eigenvalue weighted by atomic mass is 32.2. The van der Waals surface area contributed by atoms with E-state index in [-0.39, 0.29) is 10.8 Å². The standard InChI is InChI=1S/C25H35N5O5S2/c1-24(2,3)37(26,35)22-6-4-5-21(27-22)28-23(32)19-8-7-18(29-36(33,34)16-15-31)17-20(19)30-13-11-25(9-10-25)12-14-30/h4-8,17,26,29,31H,9-16H2,1-3H3,(H,27,28,32). The third-order valence-electron chi connectivity index (χ3n) is 7.12. The molecule has 10 nitrogen and oxygen atoms in total. The molecule has 1 atom stereocenters. The van der Waals surface area contributed by atoms with Gasteiger partial charge in [-0.2, -0.15) is 0 Å². The lowest BCUT2D eigenvalue weighted by molar-refractivity contribution is 0.102. The van der Waals surface area contributed by atoms with E-state index in [0.717, 1.165) is 25.9 Å². The zero-order valence-electron chi connectivity index (χ0n) is 21.4. The maximum absolute atomic E-state index is 13.4. The topological polar surface area (TPSA) is 153 Å². The minimum absolute atomic E-state index is 0.0948. The van der Waals surface area contributed by atoms with E-state index in [1.807, 2.05) is 0 Å². The molecule has 1 aromatic heterocycles. The lowest BCUT2D eigenvalue weighted by atomic mass is 9.93. The highest BCUT2D eigenvalue weighted by Crippen LogP contribution is 2.54. The number of benzene rings is 1. The predicted octanol–water partition coefficient (Wildman–Crippen LogP) is 3.65. The Morgan fingerprint density at radius 3 is 2.38 bits per heavy atom. The lowest BCUT2D eigenvalue weighted by Crippen LogP contribution is -2.35. The van der Waals surface area contributed by atoms with Crippen LogP contribution in [0.25, 0.3) is 0 Å². The Balaban J connectivity index is 1.63. The molecule has 202 valence electrons. The highest BCUT2D eigenvalue weighted by molar-refractivity contribution is 7.93. The SMILES string of the molecule is CC(C)(C)S(=N)(=O)c1cccc(NC(=O)c2ccc(NS(=O)(=O)CCO)cc2N2CCC3(CC2)CC3)n1. The molecule has 1 saturated carbocycles. The van der Waals surface area contributed by atoms with E-state index in [2.05, 4.69) is 19.9 Å². The van der Waals surface area contributed by atoms with E-state index in [9.17, 15) is 17.4 Å². The normalized spacial score (nSPS) is 18.8. The van der Waals surface area contributed by atoms with Gasteiger partial charge in [-0.3, -0.25) is 9.52 Å². The van der Waals surface area contributed by atoms with Crippen LogP contribution in [0.5, 0.6) is 0 Å². The smallest absolute Gasteiger partial charge is 0.258 e. The fourth-order valence-electron chi connectivity index (χ4n) is 4.44. The fraction of sp³-hybridized carbons (Fsp3) is 0.520. The molecule has 2 aromatic rings. The van der Waals surface area contributed by atoms with E-state index in [0.29, 0.717) is 22.4 Å². The number of hydrogen-bond donors (Lipinski definition) is 4. The van der Waals surface area contributed by atoms with Crippen molar-refractivity contribution >= 4 is 42.9 Å². The van der Waals surface area contributed by atoms with Gasteiger partial charge in [0.05, 0.1) is 43.8 Å². The second-order valence-corrected chi connectivity index (χ2v) is 15.4. The van der Waals surface area contributed by atoms with Crippen LogP contribution in [-0.4, -0.2) is 58.8 Å². The molecular weight excluding hydrogens is 514 g/mol. The molecule has 12 heteroatoms. The van der Waals surface area contributed by atoms with E-state index in [4.69, 9.17) is 9.89 Å². The maximum Gasteiger partial charge on any atom is 0.258 e. The molecule has 0 radical (unpaired) electrons. The van der Waals surface area contributed by atoms with Crippen molar-refractivity contribution in [2.45, 2.75) is 56.2 Å².